The summed E-state index contributed by atoms with van der Waals surface area (Å²) in [7, 11) is 0. The SMILES string of the molecule is CC1(C#Cc2cc3ncnc(Nc4ccc(F)c(Cl)c4F)c3cc2[N+](=O)[O-])CCN(C(=O)OC(C)(C)C)C1. The molecule has 0 spiro atoms. The van der Waals surface area contributed by atoms with E-state index in [4.69, 9.17) is 16.3 Å². The maximum atomic E-state index is 14.4. The van der Waals surface area contributed by atoms with Crippen molar-refractivity contribution in [1.82, 2.24) is 14.9 Å². The van der Waals surface area contributed by atoms with Gasteiger partial charge >= 0.3 is 6.09 Å². The van der Waals surface area contributed by atoms with E-state index in [9.17, 15) is 23.7 Å². The van der Waals surface area contributed by atoms with Crippen molar-refractivity contribution < 1.29 is 23.2 Å². The zero-order valence-electron chi connectivity index (χ0n) is 21.1. The molecule has 3 aromatic rings. The third-order valence-electron chi connectivity index (χ3n) is 5.86. The highest BCUT2D eigenvalue weighted by Crippen LogP contribution is 2.34. The summed E-state index contributed by atoms with van der Waals surface area (Å²) in [5, 5.41) is 14.1. The summed E-state index contributed by atoms with van der Waals surface area (Å²) in [5.41, 5.74) is -1.24. The molecule has 0 radical (unpaired) electrons. The molecular weight excluding hydrogens is 520 g/mol. The van der Waals surface area contributed by atoms with Crippen molar-refractivity contribution in [2.75, 3.05) is 18.4 Å². The Balaban J connectivity index is 1.66. The van der Waals surface area contributed by atoms with Gasteiger partial charge in [0.1, 0.15) is 34.1 Å². The van der Waals surface area contributed by atoms with E-state index in [2.05, 4.69) is 27.1 Å². The van der Waals surface area contributed by atoms with E-state index in [1.54, 1.807) is 25.7 Å². The second kappa shape index (κ2) is 10.0. The van der Waals surface area contributed by atoms with E-state index in [1.165, 1.54) is 18.5 Å². The maximum Gasteiger partial charge on any atom is 0.410 e. The summed E-state index contributed by atoms with van der Waals surface area (Å²) in [6.07, 6.45) is 1.34. The van der Waals surface area contributed by atoms with Gasteiger partial charge in [-0.2, -0.15) is 0 Å². The summed E-state index contributed by atoms with van der Waals surface area (Å²) >= 11 is 5.65. The lowest BCUT2D eigenvalue weighted by atomic mass is 9.90. The van der Waals surface area contributed by atoms with Gasteiger partial charge in [-0.25, -0.2) is 23.5 Å². The Morgan fingerprint density at radius 1 is 1.29 bits per heavy atom. The molecule has 0 aliphatic carbocycles. The van der Waals surface area contributed by atoms with Crippen LogP contribution in [0.2, 0.25) is 5.02 Å². The number of carbonyl (C=O) groups is 1. The summed E-state index contributed by atoms with van der Waals surface area (Å²) in [6, 6.07) is 4.82. The summed E-state index contributed by atoms with van der Waals surface area (Å²) in [4.78, 5) is 33.6. The lowest BCUT2D eigenvalue weighted by molar-refractivity contribution is -0.385. The molecule has 1 unspecified atom stereocenters. The predicted octanol–water partition coefficient (Wildman–Crippen LogP) is 6.21. The molecule has 1 aromatic heterocycles. The Bertz CT molecular complexity index is 1520. The van der Waals surface area contributed by atoms with Crippen LogP contribution >= 0.6 is 11.6 Å². The number of halogens is 3. The van der Waals surface area contributed by atoms with Gasteiger partial charge in [-0.1, -0.05) is 23.4 Å². The second-order valence-electron chi connectivity index (χ2n) is 10.2. The van der Waals surface area contributed by atoms with Crippen molar-refractivity contribution in [2.45, 2.75) is 39.7 Å². The minimum absolute atomic E-state index is 0.0648. The molecule has 4 rings (SSSR count). The smallest absolute Gasteiger partial charge is 0.410 e. The monoisotopic (exact) mass is 543 g/mol. The molecule has 1 aliphatic heterocycles. The number of carbonyl (C=O) groups excluding carboxylic acids is 1. The van der Waals surface area contributed by atoms with Crippen molar-refractivity contribution in [3.63, 3.8) is 0 Å². The number of anilines is 2. The van der Waals surface area contributed by atoms with Crippen LogP contribution in [0.1, 0.15) is 39.7 Å². The van der Waals surface area contributed by atoms with Gasteiger partial charge in [-0.3, -0.25) is 10.1 Å². The fourth-order valence-corrected chi connectivity index (χ4v) is 4.12. The first-order valence-corrected chi connectivity index (χ1v) is 12.0. The molecule has 0 bridgehead atoms. The van der Waals surface area contributed by atoms with Crippen LogP contribution in [-0.2, 0) is 4.74 Å². The molecule has 1 amide bonds. The zero-order valence-corrected chi connectivity index (χ0v) is 21.8. The number of nitro groups is 1. The number of amides is 1. The predicted molar refractivity (Wildman–Crippen MR) is 138 cm³/mol. The first-order chi connectivity index (χ1) is 17.8. The molecule has 1 atom stereocenters. The molecule has 2 heterocycles. The number of ether oxygens (including phenoxy) is 1. The number of fused-ring (bicyclic) bond motifs is 1. The Kier molecular flexibility index (Phi) is 7.12. The number of hydrogen-bond acceptors (Lipinski definition) is 7. The van der Waals surface area contributed by atoms with Crippen LogP contribution in [0.3, 0.4) is 0 Å². The van der Waals surface area contributed by atoms with Crippen LogP contribution in [0.5, 0.6) is 0 Å². The third kappa shape index (κ3) is 5.75. The van der Waals surface area contributed by atoms with Crippen molar-refractivity contribution >= 4 is 45.8 Å². The maximum absolute atomic E-state index is 14.4. The number of aromatic nitrogens is 2. The van der Waals surface area contributed by atoms with Gasteiger partial charge in [-0.05, 0) is 52.3 Å². The topological polar surface area (TPSA) is 110 Å². The molecule has 38 heavy (non-hydrogen) atoms. The minimum atomic E-state index is -1.03. The van der Waals surface area contributed by atoms with E-state index in [0.717, 1.165) is 12.1 Å². The molecule has 12 heteroatoms. The average molecular weight is 544 g/mol. The highest BCUT2D eigenvalue weighted by molar-refractivity contribution is 6.31. The largest absolute Gasteiger partial charge is 0.444 e. The number of likely N-dealkylation sites (tertiary alicyclic amines) is 1. The van der Waals surface area contributed by atoms with Gasteiger partial charge in [0.25, 0.3) is 5.69 Å². The first-order valence-electron chi connectivity index (χ1n) is 11.6. The van der Waals surface area contributed by atoms with Gasteiger partial charge in [0.05, 0.1) is 16.1 Å². The Morgan fingerprint density at radius 2 is 2.03 bits per heavy atom. The van der Waals surface area contributed by atoms with Gasteiger partial charge in [0.15, 0.2) is 5.82 Å². The fourth-order valence-electron chi connectivity index (χ4n) is 3.96. The number of nitrogens with zero attached hydrogens (tertiary/aromatic N) is 4. The van der Waals surface area contributed by atoms with Crippen LogP contribution < -0.4 is 5.32 Å². The number of nitrogens with one attached hydrogen (secondary N) is 1. The number of rotatable bonds is 3. The Morgan fingerprint density at radius 3 is 2.71 bits per heavy atom. The number of nitro benzene ring substituents is 1. The van der Waals surface area contributed by atoms with E-state index in [0.29, 0.717) is 25.0 Å². The van der Waals surface area contributed by atoms with E-state index in [1.807, 2.05) is 6.92 Å². The quantitative estimate of drug-likeness (QED) is 0.181. The number of benzene rings is 2. The van der Waals surface area contributed by atoms with Crippen molar-refractivity contribution in [3.05, 3.63) is 62.9 Å². The molecule has 1 saturated heterocycles. The highest BCUT2D eigenvalue weighted by Gasteiger charge is 2.36. The minimum Gasteiger partial charge on any atom is -0.444 e. The molecule has 0 saturated carbocycles. The summed E-state index contributed by atoms with van der Waals surface area (Å²) < 4.78 is 33.4. The Labute approximate surface area is 222 Å². The van der Waals surface area contributed by atoms with Crippen LogP contribution in [-0.4, -0.2) is 44.6 Å². The highest BCUT2D eigenvalue weighted by atomic mass is 35.5. The van der Waals surface area contributed by atoms with Crippen LogP contribution in [0.4, 0.5) is 30.8 Å². The average Bonchev–Trinajstić information content (AvgIpc) is 3.24. The van der Waals surface area contributed by atoms with Gasteiger partial charge < -0.3 is 15.0 Å². The number of hydrogen-bond donors (Lipinski definition) is 1. The lowest BCUT2D eigenvalue weighted by Crippen LogP contribution is -2.36. The van der Waals surface area contributed by atoms with Crippen molar-refractivity contribution in [3.8, 4) is 11.8 Å². The molecule has 1 N–H and O–H groups in total. The van der Waals surface area contributed by atoms with Gasteiger partial charge in [-0.15, -0.1) is 0 Å². The van der Waals surface area contributed by atoms with E-state index < -0.39 is 38.7 Å². The Hall–Kier alpha value is -4.04. The van der Waals surface area contributed by atoms with Gasteiger partial charge in [0, 0.05) is 30.0 Å². The zero-order chi connectivity index (χ0) is 27.8. The molecule has 198 valence electrons. The lowest BCUT2D eigenvalue weighted by Gasteiger charge is -2.25. The summed E-state index contributed by atoms with van der Waals surface area (Å²) in [6.45, 7) is 8.01. The third-order valence-corrected chi connectivity index (χ3v) is 6.21. The van der Waals surface area contributed by atoms with Gasteiger partial charge in [0.2, 0.25) is 0 Å². The normalized spacial score (nSPS) is 17.2. The fraction of sp³-hybridized carbons (Fsp3) is 0.346. The molecule has 9 nitrogen and oxygen atoms in total. The first kappa shape index (κ1) is 27.0. The molecule has 2 aromatic carbocycles. The van der Waals surface area contributed by atoms with Crippen LogP contribution in [0.25, 0.3) is 10.9 Å². The van der Waals surface area contributed by atoms with Crippen LogP contribution in [0, 0.1) is 39.0 Å². The summed E-state index contributed by atoms with van der Waals surface area (Å²) in [5.74, 6) is 4.10. The van der Waals surface area contributed by atoms with E-state index >= 15 is 0 Å². The molecule has 1 aliphatic rings. The second-order valence-corrected chi connectivity index (χ2v) is 10.6. The molecular formula is C26H24ClF2N5O4. The molecule has 1 fully saturated rings. The van der Waals surface area contributed by atoms with E-state index in [-0.39, 0.29) is 28.1 Å². The van der Waals surface area contributed by atoms with Crippen molar-refractivity contribution in [1.29, 1.82) is 0 Å². The standard InChI is InChI=1S/C26H24ClF2N5O4/c1-25(2,3)38-24(35)33-10-9-26(4,13-33)8-7-15-11-19-16(12-20(15)34(36)37)23(31-14-30-19)32-18-6-5-17(28)21(27)22(18)29/h5-6,11-12,14H,9-10,13H2,1-4H3,(H,30,31,32). The van der Waals surface area contributed by atoms with Crippen LogP contribution in [0.15, 0.2) is 30.6 Å². The van der Waals surface area contributed by atoms with Crippen molar-refractivity contribution in [2.24, 2.45) is 5.41 Å².